The van der Waals surface area contributed by atoms with Gasteiger partial charge in [-0.1, -0.05) is 39.5 Å². The molecule has 0 fully saturated rings. The number of carbonyl (C=O) groups is 1. The Balaban J connectivity index is 4.17. The van der Waals surface area contributed by atoms with E-state index in [4.69, 9.17) is 9.05 Å². The van der Waals surface area contributed by atoms with Crippen molar-refractivity contribution in [2.75, 3.05) is 20.4 Å². The van der Waals surface area contributed by atoms with E-state index in [1.807, 2.05) is 0 Å². The van der Waals surface area contributed by atoms with Gasteiger partial charge >= 0.3 is 7.60 Å². The molecule has 2 unspecified atom stereocenters. The fraction of sp³-hybridized carbons (Fsp3) is 0.923. The van der Waals surface area contributed by atoms with Gasteiger partial charge in [0.05, 0.1) is 0 Å². The lowest BCUT2D eigenvalue weighted by Crippen LogP contribution is -2.19. The monoisotopic (exact) mass is 278 g/mol. The molecule has 0 aliphatic carbocycles. The zero-order valence-electron chi connectivity index (χ0n) is 12.1. The molecule has 5 heteroatoms. The number of rotatable bonds is 11. The summed E-state index contributed by atoms with van der Waals surface area (Å²) in [5, 5.41) is 0. The summed E-state index contributed by atoms with van der Waals surface area (Å²) in [5.41, 5.74) is 0. The molecule has 0 aromatic carbocycles. The van der Waals surface area contributed by atoms with Crippen molar-refractivity contribution in [2.24, 2.45) is 5.92 Å². The standard InChI is InChI=1S/C13H27O4P/c1-5-7-8-10-12(9-6-2)13(14)11-17-18(4,15)16-3/h12H,5-11H2,1-4H3. The third-order valence-corrected chi connectivity index (χ3v) is 4.28. The SMILES string of the molecule is CCCCCC(CCC)C(=O)COP(C)(=O)OC. The Bertz CT molecular complexity index is 278. The van der Waals surface area contributed by atoms with Crippen LogP contribution in [0, 0.1) is 5.92 Å². The lowest BCUT2D eigenvalue weighted by Gasteiger charge is -2.16. The van der Waals surface area contributed by atoms with E-state index in [9.17, 15) is 9.36 Å². The van der Waals surface area contributed by atoms with Crippen LogP contribution < -0.4 is 0 Å². The van der Waals surface area contributed by atoms with E-state index in [0.29, 0.717) is 0 Å². The highest BCUT2D eigenvalue weighted by atomic mass is 31.2. The first kappa shape index (κ1) is 17.8. The predicted octanol–water partition coefficient (Wildman–Crippen LogP) is 4.04. The molecule has 0 aliphatic heterocycles. The first-order valence-corrected chi connectivity index (χ1v) is 8.76. The quantitative estimate of drug-likeness (QED) is 0.423. The van der Waals surface area contributed by atoms with Gasteiger partial charge in [0, 0.05) is 19.7 Å². The van der Waals surface area contributed by atoms with Gasteiger partial charge in [0.25, 0.3) is 0 Å². The van der Waals surface area contributed by atoms with Crippen LogP contribution in [0.4, 0.5) is 0 Å². The Labute approximate surface area is 111 Å². The Kier molecular flexibility index (Phi) is 9.61. The molecule has 0 spiro atoms. The van der Waals surface area contributed by atoms with Crippen LogP contribution >= 0.6 is 7.60 Å². The minimum Gasteiger partial charge on any atom is -0.312 e. The summed E-state index contributed by atoms with van der Waals surface area (Å²) in [6, 6.07) is 0. The molecular formula is C13H27O4P. The molecule has 4 nitrogen and oxygen atoms in total. The van der Waals surface area contributed by atoms with E-state index in [0.717, 1.165) is 38.5 Å². The van der Waals surface area contributed by atoms with E-state index in [1.54, 1.807) is 0 Å². The van der Waals surface area contributed by atoms with Gasteiger partial charge < -0.3 is 9.05 Å². The second kappa shape index (κ2) is 9.71. The van der Waals surface area contributed by atoms with Gasteiger partial charge in [-0.05, 0) is 12.8 Å². The molecule has 0 amide bonds. The summed E-state index contributed by atoms with van der Waals surface area (Å²) in [5.74, 6) is 0.0884. The van der Waals surface area contributed by atoms with Crippen molar-refractivity contribution in [1.29, 1.82) is 0 Å². The molecule has 0 radical (unpaired) electrons. The summed E-state index contributed by atoms with van der Waals surface area (Å²) >= 11 is 0. The summed E-state index contributed by atoms with van der Waals surface area (Å²) in [6.07, 6.45) is 6.14. The molecule has 0 N–H and O–H groups in total. The van der Waals surface area contributed by atoms with Crippen LogP contribution in [0.3, 0.4) is 0 Å². The van der Waals surface area contributed by atoms with Crippen molar-refractivity contribution < 1.29 is 18.4 Å². The molecule has 2 atom stereocenters. The lowest BCUT2D eigenvalue weighted by molar-refractivity contribution is -0.125. The number of carbonyl (C=O) groups excluding carboxylic acids is 1. The Morgan fingerprint density at radius 2 is 1.83 bits per heavy atom. The van der Waals surface area contributed by atoms with Crippen LogP contribution in [0.5, 0.6) is 0 Å². The van der Waals surface area contributed by atoms with Gasteiger partial charge in [0.1, 0.15) is 6.61 Å². The highest BCUT2D eigenvalue weighted by molar-refractivity contribution is 7.52. The van der Waals surface area contributed by atoms with E-state index in [-0.39, 0.29) is 18.3 Å². The maximum atomic E-state index is 12.0. The third kappa shape index (κ3) is 8.02. The van der Waals surface area contributed by atoms with E-state index < -0.39 is 7.60 Å². The zero-order chi connectivity index (χ0) is 14.0. The van der Waals surface area contributed by atoms with Crippen molar-refractivity contribution in [1.82, 2.24) is 0 Å². The van der Waals surface area contributed by atoms with Crippen LogP contribution in [0.1, 0.15) is 52.4 Å². The average molecular weight is 278 g/mol. The maximum Gasteiger partial charge on any atom is 0.327 e. The highest BCUT2D eigenvalue weighted by Crippen LogP contribution is 2.42. The summed E-state index contributed by atoms with van der Waals surface area (Å²) in [4.78, 5) is 12.0. The molecule has 0 aliphatic rings. The largest absolute Gasteiger partial charge is 0.327 e. The minimum atomic E-state index is -3.04. The van der Waals surface area contributed by atoms with Crippen molar-refractivity contribution in [3.8, 4) is 0 Å². The Hall–Kier alpha value is -0.180. The van der Waals surface area contributed by atoms with E-state index in [2.05, 4.69) is 13.8 Å². The Morgan fingerprint density at radius 3 is 2.33 bits per heavy atom. The number of unbranched alkanes of at least 4 members (excludes halogenated alkanes) is 2. The number of hydrogen-bond donors (Lipinski definition) is 0. The van der Waals surface area contributed by atoms with Crippen LogP contribution in [0.25, 0.3) is 0 Å². The number of Topliss-reactive ketones (excluding diaryl/α,β-unsaturated/α-hetero) is 1. The molecule has 0 bridgehead atoms. The molecule has 0 saturated heterocycles. The molecule has 108 valence electrons. The molecular weight excluding hydrogens is 251 g/mol. The topological polar surface area (TPSA) is 52.6 Å². The second-order valence-electron chi connectivity index (χ2n) is 4.68. The molecule has 0 heterocycles. The summed E-state index contributed by atoms with van der Waals surface area (Å²) in [6.45, 7) is 5.50. The van der Waals surface area contributed by atoms with Gasteiger partial charge in [-0.2, -0.15) is 0 Å². The van der Waals surface area contributed by atoms with Crippen LogP contribution in [-0.4, -0.2) is 26.2 Å². The second-order valence-corrected chi connectivity index (χ2v) is 6.84. The first-order chi connectivity index (χ1) is 8.46. The van der Waals surface area contributed by atoms with Gasteiger partial charge in [-0.25, -0.2) is 0 Å². The third-order valence-electron chi connectivity index (χ3n) is 3.02. The lowest BCUT2D eigenvalue weighted by atomic mass is 9.93. The molecule has 0 rings (SSSR count). The van der Waals surface area contributed by atoms with E-state index >= 15 is 0 Å². The predicted molar refractivity (Wildman–Crippen MR) is 74.0 cm³/mol. The number of hydrogen-bond acceptors (Lipinski definition) is 4. The van der Waals surface area contributed by atoms with Crippen molar-refractivity contribution in [3.63, 3.8) is 0 Å². The molecule has 0 aromatic rings. The smallest absolute Gasteiger partial charge is 0.312 e. The van der Waals surface area contributed by atoms with Gasteiger partial charge in [-0.15, -0.1) is 0 Å². The van der Waals surface area contributed by atoms with E-state index in [1.165, 1.54) is 13.8 Å². The summed E-state index contributed by atoms with van der Waals surface area (Å²) < 4.78 is 21.3. The fourth-order valence-electron chi connectivity index (χ4n) is 1.81. The van der Waals surface area contributed by atoms with Gasteiger partial charge in [0.2, 0.25) is 0 Å². The minimum absolute atomic E-state index is 0.0402. The maximum absolute atomic E-state index is 12.0. The molecule has 0 saturated carbocycles. The highest BCUT2D eigenvalue weighted by Gasteiger charge is 2.21. The summed E-state index contributed by atoms with van der Waals surface area (Å²) in [7, 11) is -1.71. The first-order valence-electron chi connectivity index (χ1n) is 6.77. The van der Waals surface area contributed by atoms with Crippen LogP contribution in [0.2, 0.25) is 0 Å². The normalized spacial score (nSPS) is 16.2. The fourth-order valence-corrected chi connectivity index (χ4v) is 2.27. The van der Waals surface area contributed by atoms with Crippen LogP contribution in [-0.2, 0) is 18.4 Å². The zero-order valence-corrected chi connectivity index (χ0v) is 13.0. The Morgan fingerprint density at radius 1 is 1.17 bits per heavy atom. The molecule has 18 heavy (non-hydrogen) atoms. The van der Waals surface area contributed by atoms with Gasteiger partial charge in [-0.3, -0.25) is 9.36 Å². The average Bonchev–Trinajstić information content (AvgIpc) is 2.35. The van der Waals surface area contributed by atoms with Crippen LogP contribution in [0.15, 0.2) is 0 Å². The molecule has 0 aromatic heterocycles. The van der Waals surface area contributed by atoms with Crippen molar-refractivity contribution in [3.05, 3.63) is 0 Å². The number of ketones is 1. The van der Waals surface area contributed by atoms with Gasteiger partial charge in [0.15, 0.2) is 5.78 Å². The van der Waals surface area contributed by atoms with Crippen molar-refractivity contribution >= 4 is 13.4 Å². The van der Waals surface area contributed by atoms with Crippen molar-refractivity contribution in [2.45, 2.75) is 52.4 Å².